The summed E-state index contributed by atoms with van der Waals surface area (Å²) in [7, 11) is 0. The number of hydrogen-bond donors (Lipinski definition) is 0. The Kier molecular flexibility index (Phi) is 2.09. The van der Waals surface area contributed by atoms with Crippen molar-refractivity contribution in [3.05, 3.63) is 23.2 Å². The van der Waals surface area contributed by atoms with Gasteiger partial charge in [0.05, 0.1) is 13.2 Å². The lowest BCUT2D eigenvalue weighted by molar-refractivity contribution is 0.297. The van der Waals surface area contributed by atoms with E-state index in [0.717, 1.165) is 17.9 Å². The summed E-state index contributed by atoms with van der Waals surface area (Å²) < 4.78 is 10.8. The summed E-state index contributed by atoms with van der Waals surface area (Å²) >= 11 is 5.79. The summed E-state index contributed by atoms with van der Waals surface area (Å²) in [4.78, 5) is 0. The Morgan fingerprint density at radius 3 is 2.67 bits per heavy atom. The fourth-order valence-corrected chi connectivity index (χ4v) is 1.30. The Morgan fingerprint density at radius 2 is 1.83 bits per heavy atom. The van der Waals surface area contributed by atoms with Gasteiger partial charge in [0.25, 0.3) is 0 Å². The van der Waals surface area contributed by atoms with E-state index in [1.54, 1.807) is 12.1 Å². The van der Waals surface area contributed by atoms with Gasteiger partial charge in [-0.2, -0.15) is 0 Å². The molecule has 0 N–H and O–H groups in total. The molecule has 0 aromatic heterocycles. The first-order valence-electron chi connectivity index (χ1n) is 3.91. The highest BCUT2D eigenvalue weighted by Gasteiger charge is 2.09. The normalized spacial score (nSPS) is 15.4. The summed E-state index contributed by atoms with van der Waals surface area (Å²) in [6.45, 7) is 1.42. The average molecular weight is 185 g/mol. The van der Waals surface area contributed by atoms with Crippen LogP contribution in [0.25, 0.3) is 0 Å². The maximum atomic E-state index is 5.79. The molecule has 1 heterocycles. The molecule has 0 spiro atoms. The SMILES string of the molecule is Clc1ccc2c(c1)OCCCO2. The first-order chi connectivity index (χ1) is 5.86. The van der Waals surface area contributed by atoms with Crippen molar-refractivity contribution in [3.8, 4) is 11.5 Å². The number of fused-ring (bicyclic) bond motifs is 1. The van der Waals surface area contributed by atoms with E-state index in [0.29, 0.717) is 18.2 Å². The number of benzene rings is 1. The van der Waals surface area contributed by atoms with Gasteiger partial charge in [0, 0.05) is 17.5 Å². The number of halogens is 1. The standard InChI is InChI=1S/C9H9ClO2/c10-7-2-3-8-9(6-7)12-5-1-4-11-8/h2-3,6H,1,4-5H2. The molecule has 0 atom stereocenters. The molecule has 0 unspecified atom stereocenters. The number of rotatable bonds is 0. The quantitative estimate of drug-likeness (QED) is 0.617. The van der Waals surface area contributed by atoms with Gasteiger partial charge in [-0.05, 0) is 12.1 Å². The molecule has 0 aliphatic carbocycles. The van der Waals surface area contributed by atoms with Crippen LogP contribution < -0.4 is 9.47 Å². The van der Waals surface area contributed by atoms with Gasteiger partial charge in [0.1, 0.15) is 0 Å². The molecule has 0 bridgehead atoms. The van der Waals surface area contributed by atoms with Crippen LogP contribution in [0.5, 0.6) is 11.5 Å². The van der Waals surface area contributed by atoms with E-state index in [1.807, 2.05) is 6.07 Å². The summed E-state index contributed by atoms with van der Waals surface area (Å²) in [5.41, 5.74) is 0. The highest BCUT2D eigenvalue weighted by Crippen LogP contribution is 2.31. The van der Waals surface area contributed by atoms with Crippen molar-refractivity contribution >= 4 is 11.6 Å². The van der Waals surface area contributed by atoms with Gasteiger partial charge < -0.3 is 9.47 Å². The molecule has 12 heavy (non-hydrogen) atoms. The minimum atomic E-state index is 0.680. The molecule has 64 valence electrons. The van der Waals surface area contributed by atoms with Crippen molar-refractivity contribution in [2.45, 2.75) is 6.42 Å². The minimum Gasteiger partial charge on any atom is -0.490 e. The van der Waals surface area contributed by atoms with Gasteiger partial charge in [-0.25, -0.2) is 0 Å². The fourth-order valence-electron chi connectivity index (χ4n) is 1.14. The van der Waals surface area contributed by atoms with Crippen molar-refractivity contribution < 1.29 is 9.47 Å². The third kappa shape index (κ3) is 1.48. The van der Waals surface area contributed by atoms with Crippen LogP contribution in [0.1, 0.15) is 6.42 Å². The Morgan fingerprint density at radius 1 is 1.08 bits per heavy atom. The topological polar surface area (TPSA) is 18.5 Å². The molecule has 2 nitrogen and oxygen atoms in total. The molecule has 0 amide bonds. The number of hydrogen-bond acceptors (Lipinski definition) is 2. The summed E-state index contributed by atoms with van der Waals surface area (Å²) in [5.74, 6) is 1.54. The highest BCUT2D eigenvalue weighted by molar-refractivity contribution is 6.30. The van der Waals surface area contributed by atoms with Crippen LogP contribution in [0.3, 0.4) is 0 Å². The van der Waals surface area contributed by atoms with Crippen molar-refractivity contribution in [1.29, 1.82) is 0 Å². The molecular formula is C9H9ClO2. The molecule has 1 aromatic rings. The summed E-state index contributed by atoms with van der Waals surface area (Å²) in [6, 6.07) is 5.42. The third-order valence-corrected chi connectivity index (χ3v) is 1.94. The van der Waals surface area contributed by atoms with Crippen LogP contribution in [0.15, 0.2) is 18.2 Å². The van der Waals surface area contributed by atoms with Crippen LogP contribution in [0.4, 0.5) is 0 Å². The van der Waals surface area contributed by atoms with Crippen LogP contribution >= 0.6 is 11.6 Å². The zero-order valence-electron chi connectivity index (χ0n) is 6.55. The first-order valence-corrected chi connectivity index (χ1v) is 4.29. The lowest BCUT2D eigenvalue weighted by Crippen LogP contribution is -1.97. The van der Waals surface area contributed by atoms with Crippen molar-refractivity contribution in [2.24, 2.45) is 0 Å². The predicted octanol–water partition coefficient (Wildman–Crippen LogP) is 2.50. The van der Waals surface area contributed by atoms with Gasteiger partial charge in [0.2, 0.25) is 0 Å². The van der Waals surface area contributed by atoms with Crippen molar-refractivity contribution in [3.63, 3.8) is 0 Å². The lowest BCUT2D eigenvalue weighted by Gasteiger charge is -2.05. The largest absolute Gasteiger partial charge is 0.490 e. The van der Waals surface area contributed by atoms with E-state index < -0.39 is 0 Å². The molecule has 0 radical (unpaired) electrons. The van der Waals surface area contributed by atoms with E-state index in [2.05, 4.69) is 0 Å². The zero-order valence-corrected chi connectivity index (χ0v) is 7.30. The summed E-state index contributed by atoms with van der Waals surface area (Å²) in [6.07, 6.45) is 0.923. The second-order valence-corrected chi connectivity index (χ2v) is 3.08. The molecule has 1 aliphatic rings. The lowest BCUT2D eigenvalue weighted by atomic mass is 10.3. The highest BCUT2D eigenvalue weighted by atomic mass is 35.5. The first kappa shape index (κ1) is 7.74. The molecular weight excluding hydrogens is 176 g/mol. The number of ether oxygens (including phenoxy) is 2. The maximum Gasteiger partial charge on any atom is 0.162 e. The van der Waals surface area contributed by atoms with E-state index in [-0.39, 0.29) is 0 Å². The third-order valence-electron chi connectivity index (χ3n) is 1.71. The van der Waals surface area contributed by atoms with Gasteiger partial charge in [-0.3, -0.25) is 0 Å². The predicted molar refractivity (Wildman–Crippen MR) is 47.1 cm³/mol. The van der Waals surface area contributed by atoms with Gasteiger partial charge in [-0.15, -0.1) is 0 Å². The monoisotopic (exact) mass is 184 g/mol. The minimum absolute atomic E-state index is 0.680. The fraction of sp³-hybridized carbons (Fsp3) is 0.333. The Balaban J connectivity index is 2.36. The van der Waals surface area contributed by atoms with Crippen LogP contribution in [-0.2, 0) is 0 Å². The average Bonchev–Trinajstić information content (AvgIpc) is 2.28. The van der Waals surface area contributed by atoms with Gasteiger partial charge >= 0.3 is 0 Å². The second kappa shape index (κ2) is 3.23. The van der Waals surface area contributed by atoms with Crippen molar-refractivity contribution in [1.82, 2.24) is 0 Å². The molecule has 0 fully saturated rings. The molecule has 1 aromatic carbocycles. The molecule has 0 saturated carbocycles. The molecule has 2 rings (SSSR count). The van der Waals surface area contributed by atoms with E-state index in [9.17, 15) is 0 Å². The van der Waals surface area contributed by atoms with Crippen LogP contribution in [0, 0.1) is 0 Å². The second-order valence-electron chi connectivity index (χ2n) is 2.64. The van der Waals surface area contributed by atoms with Gasteiger partial charge in [-0.1, -0.05) is 11.6 Å². The van der Waals surface area contributed by atoms with E-state index in [1.165, 1.54) is 0 Å². The van der Waals surface area contributed by atoms with E-state index >= 15 is 0 Å². The Hall–Kier alpha value is -0.890. The Labute approximate surface area is 76.1 Å². The van der Waals surface area contributed by atoms with Crippen LogP contribution in [0.2, 0.25) is 5.02 Å². The Bertz CT molecular complexity index is 286. The molecule has 0 saturated heterocycles. The summed E-state index contributed by atoms with van der Waals surface area (Å²) in [5, 5.41) is 0.680. The zero-order chi connectivity index (χ0) is 8.39. The smallest absolute Gasteiger partial charge is 0.162 e. The molecule has 3 heteroatoms. The van der Waals surface area contributed by atoms with Crippen molar-refractivity contribution in [2.75, 3.05) is 13.2 Å². The molecule has 1 aliphatic heterocycles. The van der Waals surface area contributed by atoms with E-state index in [4.69, 9.17) is 21.1 Å². The maximum absolute atomic E-state index is 5.79. The van der Waals surface area contributed by atoms with Gasteiger partial charge in [0.15, 0.2) is 11.5 Å². The van der Waals surface area contributed by atoms with Crippen LogP contribution in [-0.4, -0.2) is 13.2 Å².